The molecule has 0 saturated heterocycles. The number of pyridine rings is 1. The Labute approximate surface area is 154 Å². The first-order valence-electron chi connectivity index (χ1n) is 8.10. The van der Waals surface area contributed by atoms with Crippen molar-refractivity contribution in [2.75, 3.05) is 13.2 Å². The van der Waals surface area contributed by atoms with E-state index in [0.29, 0.717) is 18.2 Å². The molecular weight excluding hydrogens is 391 g/mol. The molecule has 1 fully saturated rings. The van der Waals surface area contributed by atoms with Crippen LogP contribution in [0.25, 0.3) is 0 Å². The summed E-state index contributed by atoms with van der Waals surface area (Å²) in [6.45, 7) is 2.84. The number of carbonyl (C=O) groups excluding carboxylic acids is 1. The first-order valence-corrected chi connectivity index (χ1v) is 9.58. The lowest BCUT2D eigenvalue weighted by Gasteiger charge is -2.17. The van der Waals surface area contributed by atoms with E-state index in [2.05, 4.69) is 10.5 Å². The molecule has 0 aromatic carbocycles. The zero-order valence-corrected chi connectivity index (χ0v) is 15.5. The van der Waals surface area contributed by atoms with Crippen molar-refractivity contribution in [1.82, 2.24) is 15.2 Å². The molecule has 1 amide bonds. The van der Waals surface area contributed by atoms with E-state index in [-0.39, 0.29) is 17.9 Å². The van der Waals surface area contributed by atoms with Crippen molar-refractivity contribution in [2.45, 2.75) is 38.2 Å². The maximum atomic E-state index is 12.3. The molecule has 12 heteroatoms. The van der Waals surface area contributed by atoms with Crippen LogP contribution in [-0.4, -0.2) is 44.1 Å². The van der Waals surface area contributed by atoms with Crippen LogP contribution in [0.5, 0.6) is 5.75 Å². The normalized spacial score (nSPS) is 16.0. The fourth-order valence-corrected chi connectivity index (χ4v) is 2.71. The monoisotopic (exact) mass is 411 g/mol. The summed E-state index contributed by atoms with van der Waals surface area (Å²) >= 11 is 0. The number of aromatic nitrogens is 1. The van der Waals surface area contributed by atoms with Gasteiger partial charge in [0.2, 0.25) is 0 Å². The van der Waals surface area contributed by atoms with Crippen LogP contribution in [0.15, 0.2) is 12.3 Å². The highest BCUT2D eigenvalue weighted by atomic mass is 32.2. The summed E-state index contributed by atoms with van der Waals surface area (Å²) in [4.78, 5) is 21.2. The van der Waals surface area contributed by atoms with Crippen LogP contribution >= 0.6 is 0 Å². The summed E-state index contributed by atoms with van der Waals surface area (Å²) < 4.78 is 65.8. The maximum Gasteiger partial charge on any atom is 0.511 e. The van der Waals surface area contributed by atoms with Gasteiger partial charge in [0.25, 0.3) is 5.91 Å². The van der Waals surface area contributed by atoms with Crippen molar-refractivity contribution in [3.8, 4) is 5.75 Å². The molecule has 1 aliphatic rings. The summed E-state index contributed by atoms with van der Waals surface area (Å²) in [5, 5.41) is 0. The molecule has 1 aromatic heterocycles. The molecule has 1 aromatic rings. The Kier molecular flexibility index (Phi) is 6.65. The number of rotatable bonds is 9. The fraction of sp³-hybridized carbons (Fsp3) is 0.600. The number of alkyl halides is 3. The summed E-state index contributed by atoms with van der Waals surface area (Å²) in [5.41, 5.74) is -2.53. The van der Waals surface area contributed by atoms with Gasteiger partial charge in [0.1, 0.15) is 12.4 Å². The van der Waals surface area contributed by atoms with Crippen molar-refractivity contribution in [3.05, 3.63) is 23.5 Å². The maximum absolute atomic E-state index is 12.3. The average molecular weight is 411 g/mol. The van der Waals surface area contributed by atoms with Crippen molar-refractivity contribution >= 4 is 15.9 Å². The number of hydrogen-bond acceptors (Lipinski definition) is 6. The highest BCUT2D eigenvalue weighted by Gasteiger charge is 2.46. The van der Waals surface area contributed by atoms with Gasteiger partial charge in [-0.1, -0.05) is 0 Å². The number of hydrogen-bond donors (Lipinski definition) is 2. The van der Waals surface area contributed by atoms with Crippen LogP contribution in [0.3, 0.4) is 0 Å². The van der Waals surface area contributed by atoms with Crippen molar-refractivity contribution in [3.63, 3.8) is 0 Å². The zero-order valence-electron chi connectivity index (χ0n) is 14.7. The second-order valence-electron chi connectivity index (χ2n) is 6.27. The second-order valence-corrected chi connectivity index (χ2v) is 7.97. The third-order valence-electron chi connectivity index (χ3n) is 3.65. The molecule has 2 N–H and O–H groups in total. The van der Waals surface area contributed by atoms with E-state index in [0.717, 1.165) is 12.8 Å². The predicted molar refractivity (Wildman–Crippen MR) is 88.2 cm³/mol. The van der Waals surface area contributed by atoms with E-state index in [4.69, 9.17) is 9.57 Å². The molecule has 8 nitrogen and oxygen atoms in total. The lowest BCUT2D eigenvalue weighted by molar-refractivity contribution is -0.0451. The summed E-state index contributed by atoms with van der Waals surface area (Å²) in [6, 6.07) is 0.195. The zero-order chi connectivity index (χ0) is 20.2. The molecule has 1 heterocycles. The minimum absolute atomic E-state index is 0.103. The Morgan fingerprint density at radius 3 is 2.67 bits per heavy atom. The Hall–Kier alpha value is -1.92. The summed E-state index contributed by atoms with van der Waals surface area (Å²) in [6.07, 6.45) is 3.41. The standard InChI is InChI=1S/C15H20F3N3O5S/c1-9(21-27(23,24)15(16,17)18)7-25-12-5-13(10(2)19-6-12)14(22)20-26-8-11-3-4-11/h5-6,9,11,21H,3-4,7-8H2,1-2H3,(H,20,22)/t9-/m0/s1. The number of aryl methyl sites for hydroxylation is 1. The number of amides is 1. The topological polar surface area (TPSA) is 107 Å². The van der Waals surface area contributed by atoms with Crippen molar-refractivity contribution in [2.24, 2.45) is 5.92 Å². The van der Waals surface area contributed by atoms with E-state index in [9.17, 15) is 26.4 Å². The Morgan fingerprint density at radius 2 is 2.07 bits per heavy atom. The third kappa shape index (κ3) is 6.33. The molecule has 152 valence electrons. The quantitative estimate of drug-likeness (QED) is 0.599. The lowest BCUT2D eigenvalue weighted by Crippen LogP contribution is -2.43. The van der Waals surface area contributed by atoms with Crippen LogP contribution in [0.4, 0.5) is 13.2 Å². The number of carbonyl (C=O) groups is 1. The van der Waals surface area contributed by atoms with Gasteiger partial charge in [0.15, 0.2) is 0 Å². The summed E-state index contributed by atoms with van der Waals surface area (Å²) in [5.74, 6) is 0.0316. The Bertz CT molecular complexity index is 781. The van der Waals surface area contributed by atoms with E-state index in [1.54, 1.807) is 6.92 Å². The lowest BCUT2D eigenvalue weighted by atomic mass is 10.2. The van der Waals surface area contributed by atoms with E-state index >= 15 is 0 Å². The molecule has 0 unspecified atom stereocenters. The van der Waals surface area contributed by atoms with Crippen LogP contribution in [0.2, 0.25) is 0 Å². The van der Waals surface area contributed by atoms with Crippen molar-refractivity contribution < 1.29 is 36.0 Å². The number of nitrogens with one attached hydrogen (secondary N) is 2. The second kappa shape index (κ2) is 8.40. The first-order chi connectivity index (χ1) is 12.5. The van der Waals surface area contributed by atoms with Crippen LogP contribution in [-0.2, 0) is 14.9 Å². The van der Waals surface area contributed by atoms with Gasteiger partial charge in [-0.15, -0.1) is 0 Å². The molecule has 2 rings (SSSR count). The van der Waals surface area contributed by atoms with Crippen LogP contribution in [0, 0.1) is 12.8 Å². The molecule has 1 aliphatic carbocycles. The minimum atomic E-state index is -5.47. The Morgan fingerprint density at radius 1 is 1.41 bits per heavy atom. The number of sulfonamides is 1. The molecule has 0 radical (unpaired) electrons. The smallest absolute Gasteiger partial charge is 0.490 e. The molecule has 0 bridgehead atoms. The SMILES string of the molecule is Cc1ncc(OC[C@H](C)NS(=O)(=O)C(F)(F)F)cc1C(=O)NOCC1CC1. The molecule has 1 atom stereocenters. The van der Waals surface area contributed by atoms with Gasteiger partial charge in [-0.2, -0.15) is 13.2 Å². The van der Waals surface area contributed by atoms with E-state index in [1.165, 1.54) is 23.9 Å². The van der Waals surface area contributed by atoms with Gasteiger partial charge < -0.3 is 4.74 Å². The number of nitrogens with zero attached hydrogens (tertiary/aromatic N) is 1. The average Bonchev–Trinajstić information content (AvgIpc) is 3.36. The number of ether oxygens (including phenoxy) is 1. The van der Waals surface area contributed by atoms with Crippen LogP contribution < -0.4 is 14.9 Å². The fourth-order valence-electron chi connectivity index (χ4n) is 1.97. The van der Waals surface area contributed by atoms with E-state index < -0.39 is 27.5 Å². The van der Waals surface area contributed by atoms with Gasteiger partial charge in [0.05, 0.1) is 30.1 Å². The number of halogens is 3. The van der Waals surface area contributed by atoms with Gasteiger partial charge in [-0.3, -0.25) is 14.6 Å². The van der Waals surface area contributed by atoms with Gasteiger partial charge in [0, 0.05) is 0 Å². The molecule has 0 spiro atoms. The first kappa shape index (κ1) is 21.4. The summed E-state index contributed by atoms with van der Waals surface area (Å²) in [7, 11) is -5.47. The highest BCUT2D eigenvalue weighted by molar-refractivity contribution is 7.90. The molecule has 1 saturated carbocycles. The molecular formula is C15H20F3N3O5S. The van der Waals surface area contributed by atoms with Crippen LogP contribution in [0.1, 0.15) is 35.8 Å². The Balaban J connectivity index is 1.91. The minimum Gasteiger partial charge on any atom is -0.490 e. The third-order valence-corrected chi connectivity index (χ3v) is 4.97. The number of hydroxylamine groups is 1. The highest BCUT2D eigenvalue weighted by Crippen LogP contribution is 2.28. The predicted octanol–water partition coefficient (Wildman–Crippen LogP) is 1.67. The van der Waals surface area contributed by atoms with E-state index in [1.807, 2.05) is 0 Å². The molecule has 27 heavy (non-hydrogen) atoms. The molecule has 0 aliphatic heterocycles. The van der Waals surface area contributed by atoms with Gasteiger partial charge in [-0.05, 0) is 38.7 Å². The van der Waals surface area contributed by atoms with Gasteiger partial charge in [-0.25, -0.2) is 18.6 Å². The van der Waals surface area contributed by atoms with Gasteiger partial charge >= 0.3 is 15.5 Å². The van der Waals surface area contributed by atoms with Crippen molar-refractivity contribution in [1.29, 1.82) is 0 Å². The largest absolute Gasteiger partial charge is 0.511 e.